The van der Waals surface area contributed by atoms with Gasteiger partial charge in [-0.25, -0.2) is 14.2 Å². The van der Waals surface area contributed by atoms with Crippen molar-refractivity contribution in [3.8, 4) is 11.6 Å². The van der Waals surface area contributed by atoms with Gasteiger partial charge in [-0.15, -0.1) is 0 Å². The van der Waals surface area contributed by atoms with Crippen LogP contribution in [0.2, 0.25) is 0 Å². The summed E-state index contributed by atoms with van der Waals surface area (Å²) in [6.45, 7) is 1.71. The van der Waals surface area contributed by atoms with Gasteiger partial charge in [0.15, 0.2) is 0 Å². The van der Waals surface area contributed by atoms with Crippen LogP contribution in [0.1, 0.15) is 15.9 Å². The molecule has 0 bridgehead atoms. The van der Waals surface area contributed by atoms with Gasteiger partial charge in [0.1, 0.15) is 17.1 Å². The van der Waals surface area contributed by atoms with E-state index >= 15 is 0 Å². The van der Waals surface area contributed by atoms with Crippen LogP contribution >= 0.6 is 0 Å². The topological polar surface area (TPSA) is 85.4 Å². The van der Waals surface area contributed by atoms with E-state index in [-0.39, 0.29) is 22.9 Å². The molecule has 0 unspecified atom stereocenters. The number of anilines is 1. The molecule has 5 nitrogen and oxygen atoms in total. The van der Waals surface area contributed by atoms with Crippen molar-refractivity contribution < 1.29 is 19.0 Å². The van der Waals surface area contributed by atoms with Crippen molar-refractivity contribution in [2.45, 2.75) is 6.92 Å². The highest BCUT2D eigenvalue weighted by Gasteiger charge is 2.15. The molecule has 0 atom stereocenters. The van der Waals surface area contributed by atoms with Crippen LogP contribution in [0.15, 0.2) is 30.5 Å². The molecule has 19 heavy (non-hydrogen) atoms. The summed E-state index contributed by atoms with van der Waals surface area (Å²) in [5.74, 6) is -1.62. The number of nitrogens with two attached hydrogens (primary N) is 1. The minimum absolute atomic E-state index is 0.129. The summed E-state index contributed by atoms with van der Waals surface area (Å²) in [6, 6.07) is 5.22. The molecule has 1 aromatic carbocycles. The molecule has 0 amide bonds. The highest BCUT2D eigenvalue weighted by molar-refractivity contribution is 5.91. The number of nitrogens with zero attached hydrogens (tertiary/aromatic N) is 1. The number of benzene rings is 1. The van der Waals surface area contributed by atoms with E-state index in [4.69, 9.17) is 15.6 Å². The summed E-state index contributed by atoms with van der Waals surface area (Å²) >= 11 is 0. The van der Waals surface area contributed by atoms with Crippen LogP contribution in [-0.4, -0.2) is 16.1 Å². The normalized spacial score (nSPS) is 10.2. The summed E-state index contributed by atoms with van der Waals surface area (Å²) in [5, 5.41) is 9.04. The van der Waals surface area contributed by atoms with Gasteiger partial charge in [0, 0.05) is 6.07 Å². The summed E-state index contributed by atoms with van der Waals surface area (Å²) < 4.78 is 18.5. The fourth-order valence-corrected chi connectivity index (χ4v) is 1.49. The summed E-state index contributed by atoms with van der Waals surface area (Å²) in [4.78, 5) is 14.9. The molecule has 0 saturated heterocycles. The first-order chi connectivity index (χ1) is 8.97. The molecule has 1 aromatic heterocycles. The zero-order chi connectivity index (χ0) is 14.0. The predicted octanol–water partition coefficient (Wildman–Crippen LogP) is 2.60. The van der Waals surface area contributed by atoms with Gasteiger partial charge in [0.25, 0.3) is 0 Å². The number of carboxylic acid groups (broad SMARTS) is 1. The molecule has 2 rings (SSSR count). The van der Waals surface area contributed by atoms with Crippen LogP contribution in [0, 0.1) is 12.7 Å². The number of carboxylic acids is 1. The number of rotatable bonds is 3. The number of ether oxygens (including phenoxy) is 1. The first-order valence-corrected chi connectivity index (χ1v) is 5.40. The van der Waals surface area contributed by atoms with E-state index < -0.39 is 11.8 Å². The quantitative estimate of drug-likeness (QED) is 0.888. The van der Waals surface area contributed by atoms with Crippen molar-refractivity contribution in [3.63, 3.8) is 0 Å². The van der Waals surface area contributed by atoms with Gasteiger partial charge < -0.3 is 15.6 Å². The molecule has 0 saturated carbocycles. The van der Waals surface area contributed by atoms with Crippen molar-refractivity contribution in [1.29, 1.82) is 0 Å². The predicted molar refractivity (Wildman–Crippen MR) is 66.8 cm³/mol. The van der Waals surface area contributed by atoms with Crippen LogP contribution in [0.5, 0.6) is 11.6 Å². The second kappa shape index (κ2) is 4.93. The molecule has 0 radical (unpaired) electrons. The van der Waals surface area contributed by atoms with Gasteiger partial charge in [-0.3, -0.25) is 0 Å². The zero-order valence-electron chi connectivity index (χ0n) is 10.1. The zero-order valence-corrected chi connectivity index (χ0v) is 10.1. The second-order valence-electron chi connectivity index (χ2n) is 3.94. The number of carbonyl (C=O) groups is 1. The number of aryl methyl sites for hydroxylation is 1. The van der Waals surface area contributed by atoms with E-state index in [1.165, 1.54) is 30.5 Å². The molecule has 0 aliphatic rings. The van der Waals surface area contributed by atoms with E-state index in [2.05, 4.69) is 4.98 Å². The highest BCUT2D eigenvalue weighted by Crippen LogP contribution is 2.27. The Hall–Kier alpha value is -2.63. The van der Waals surface area contributed by atoms with E-state index in [0.29, 0.717) is 5.56 Å². The molecule has 98 valence electrons. The Morgan fingerprint density at radius 1 is 1.42 bits per heavy atom. The molecular weight excluding hydrogens is 251 g/mol. The van der Waals surface area contributed by atoms with Crippen LogP contribution in [-0.2, 0) is 0 Å². The highest BCUT2D eigenvalue weighted by atomic mass is 19.1. The first-order valence-electron chi connectivity index (χ1n) is 5.40. The number of hydrogen-bond donors (Lipinski definition) is 2. The van der Waals surface area contributed by atoms with Crippen molar-refractivity contribution in [2.75, 3.05) is 5.73 Å². The Labute approximate surface area is 108 Å². The molecule has 3 N–H and O–H groups in total. The lowest BCUT2D eigenvalue weighted by atomic mass is 10.2. The Morgan fingerprint density at radius 3 is 2.84 bits per heavy atom. The van der Waals surface area contributed by atoms with Crippen molar-refractivity contribution in [3.05, 3.63) is 47.4 Å². The number of hydrogen-bond acceptors (Lipinski definition) is 4. The van der Waals surface area contributed by atoms with Crippen molar-refractivity contribution in [2.24, 2.45) is 0 Å². The van der Waals surface area contributed by atoms with Gasteiger partial charge in [-0.05, 0) is 24.6 Å². The Morgan fingerprint density at radius 2 is 2.16 bits per heavy atom. The Bertz CT molecular complexity index is 644. The number of nitrogen functional groups attached to an aromatic ring is 1. The minimum Gasteiger partial charge on any atom is -0.477 e. The summed E-state index contributed by atoms with van der Waals surface area (Å²) in [6.07, 6.45) is 1.27. The van der Waals surface area contributed by atoms with Crippen LogP contribution < -0.4 is 10.5 Å². The van der Waals surface area contributed by atoms with Gasteiger partial charge in [-0.2, -0.15) is 0 Å². The summed E-state index contributed by atoms with van der Waals surface area (Å²) in [5.41, 5.74) is 6.17. The van der Waals surface area contributed by atoms with Crippen LogP contribution in [0.25, 0.3) is 0 Å². The van der Waals surface area contributed by atoms with E-state index in [1.54, 1.807) is 6.92 Å². The summed E-state index contributed by atoms with van der Waals surface area (Å²) in [7, 11) is 0. The lowest BCUT2D eigenvalue weighted by Gasteiger charge is -2.10. The van der Waals surface area contributed by atoms with Crippen molar-refractivity contribution >= 4 is 11.7 Å². The molecule has 0 aliphatic heterocycles. The van der Waals surface area contributed by atoms with Crippen LogP contribution in [0.3, 0.4) is 0 Å². The average Bonchev–Trinajstić information content (AvgIpc) is 2.35. The lowest BCUT2D eigenvalue weighted by molar-refractivity contribution is 0.0693. The number of halogens is 1. The van der Waals surface area contributed by atoms with Gasteiger partial charge in [0.2, 0.25) is 5.88 Å². The fourth-order valence-electron chi connectivity index (χ4n) is 1.49. The van der Waals surface area contributed by atoms with Crippen LogP contribution in [0.4, 0.5) is 10.1 Å². The molecule has 6 heteroatoms. The molecule has 0 spiro atoms. The first kappa shape index (κ1) is 12.8. The standard InChI is InChI=1S/C13H11FN2O3/c1-7-2-3-8(14)4-11(7)19-12-10(13(17)18)5-9(15)6-16-12/h2-6H,15H2,1H3,(H,17,18). The van der Waals surface area contributed by atoms with E-state index in [1.807, 2.05) is 0 Å². The average molecular weight is 262 g/mol. The third-order valence-corrected chi connectivity index (χ3v) is 2.46. The lowest BCUT2D eigenvalue weighted by Crippen LogP contribution is -2.04. The molecule has 0 aliphatic carbocycles. The second-order valence-corrected chi connectivity index (χ2v) is 3.94. The third kappa shape index (κ3) is 2.79. The Balaban J connectivity index is 2.43. The molecular formula is C13H11FN2O3. The van der Waals surface area contributed by atoms with Gasteiger partial charge >= 0.3 is 5.97 Å². The maximum atomic E-state index is 13.1. The third-order valence-electron chi connectivity index (χ3n) is 2.46. The van der Waals surface area contributed by atoms with Crippen molar-refractivity contribution in [1.82, 2.24) is 4.98 Å². The minimum atomic E-state index is -1.22. The smallest absolute Gasteiger partial charge is 0.341 e. The SMILES string of the molecule is Cc1ccc(F)cc1Oc1ncc(N)cc1C(=O)O. The van der Waals surface area contributed by atoms with E-state index in [9.17, 15) is 9.18 Å². The monoisotopic (exact) mass is 262 g/mol. The molecule has 1 heterocycles. The maximum Gasteiger partial charge on any atom is 0.341 e. The molecule has 2 aromatic rings. The maximum absolute atomic E-state index is 13.1. The fraction of sp³-hybridized carbons (Fsp3) is 0.0769. The number of aromatic nitrogens is 1. The largest absolute Gasteiger partial charge is 0.477 e. The number of aromatic carboxylic acids is 1. The van der Waals surface area contributed by atoms with E-state index in [0.717, 1.165) is 0 Å². The number of pyridine rings is 1. The van der Waals surface area contributed by atoms with Gasteiger partial charge in [-0.1, -0.05) is 6.07 Å². The molecule has 0 fully saturated rings. The van der Waals surface area contributed by atoms with Gasteiger partial charge in [0.05, 0.1) is 11.9 Å². The Kier molecular flexibility index (Phi) is 3.33.